The number of halogens is 3. The van der Waals surface area contributed by atoms with Crippen LogP contribution in [0.25, 0.3) is 0 Å². The summed E-state index contributed by atoms with van der Waals surface area (Å²) in [6, 6.07) is 8.59. The summed E-state index contributed by atoms with van der Waals surface area (Å²) in [7, 11) is 0. The van der Waals surface area contributed by atoms with Crippen molar-refractivity contribution >= 4 is 27.5 Å². The molecule has 1 heterocycles. The van der Waals surface area contributed by atoms with E-state index in [1.54, 1.807) is 12.1 Å². The van der Waals surface area contributed by atoms with Crippen molar-refractivity contribution in [2.45, 2.75) is 32.9 Å². The van der Waals surface area contributed by atoms with Crippen molar-refractivity contribution in [2.24, 2.45) is 5.92 Å². The SMILES string of the molecule is CCOc1cc(CNCC2CCNCC2)cc(Br)c1OCc1c(F)cccc1Cl. The highest BCUT2D eigenvalue weighted by molar-refractivity contribution is 9.10. The van der Waals surface area contributed by atoms with Gasteiger partial charge in [0.15, 0.2) is 11.5 Å². The molecular formula is C22H27BrClFN2O2. The van der Waals surface area contributed by atoms with Crippen LogP contribution in [0.1, 0.15) is 30.9 Å². The van der Waals surface area contributed by atoms with Gasteiger partial charge in [0.05, 0.1) is 16.1 Å². The Kier molecular flexibility index (Phi) is 8.60. The Balaban J connectivity index is 1.67. The minimum atomic E-state index is -0.384. The number of piperidine rings is 1. The standard InChI is InChI=1S/C22H27BrClFN2O2/c1-2-28-21-11-16(13-27-12-15-6-8-26-9-7-15)10-18(23)22(21)29-14-17-19(24)4-3-5-20(17)25/h3-5,10-11,15,26-27H,2,6-9,12-14H2,1H3. The molecule has 0 aromatic heterocycles. The van der Waals surface area contributed by atoms with Crippen molar-refractivity contribution < 1.29 is 13.9 Å². The second-order valence-electron chi connectivity index (χ2n) is 7.15. The third-order valence-corrected chi connectivity index (χ3v) is 5.96. The Morgan fingerprint density at radius 3 is 2.76 bits per heavy atom. The average molecular weight is 486 g/mol. The Morgan fingerprint density at radius 2 is 2.03 bits per heavy atom. The van der Waals surface area contributed by atoms with Crippen molar-refractivity contribution in [1.29, 1.82) is 0 Å². The molecule has 1 aliphatic heterocycles. The maximum Gasteiger partial charge on any atom is 0.175 e. The van der Waals surface area contributed by atoms with E-state index in [2.05, 4.69) is 26.6 Å². The molecule has 0 unspecified atom stereocenters. The van der Waals surface area contributed by atoms with Gasteiger partial charge in [0, 0.05) is 12.1 Å². The molecule has 0 saturated carbocycles. The quantitative estimate of drug-likeness (QED) is 0.505. The molecular weight excluding hydrogens is 459 g/mol. The van der Waals surface area contributed by atoms with E-state index in [9.17, 15) is 4.39 Å². The Hall–Kier alpha value is -1.34. The summed E-state index contributed by atoms with van der Waals surface area (Å²) >= 11 is 9.69. The van der Waals surface area contributed by atoms with Crippen LogP contribution in [0.3, 0.4) is 0 Å². The molecule has 1 aliphatic rings. The molecule has 1 fully saturated rings. The average Bonchev–Trinajstić information content (AvgIpc) is 2.70. The normalized spacial score (nSPS) is 14.8. The topological polar surface area (TPSA) is 42.5 Å². The first-order chi connectivity index (χ1) is 14.1. The monoisotopic (exact) mass is 484 g/mol. The lowest BCUT2D eigenvalue weighted by atomic mass is 9.98. The number of nitrogens with one attached hydrogen (secondary N) is 2. The predicted molar refractivity (Wildman–Crippen MR) is 118 cm³/mol. The summed E-state index contributed by atoms with van der Waals surface area (Å²) in [6.07, 6.45) is 2.43. The van der Waals surface area contributed by atoms with Crippen LogP contribution in [0, 0.1) is 11.7 Å². The van der Waals surface area contributed by atoms with E-state index in [-0.39, 0.29) is 12.4 Å². The Labute approximate surface area is 185 Å². The van der Waals surface area contributed by atoms with E-state index in [0.29, 0.717) is 28.7 Å². The highest BCUT2D eigenvalue weighted by Gasteiger charge is 2.16. The van der Waals surface area contributed by atoms with Gasteiger partial charge < -0.3 is 20.1 Å². The maximum absolute atomic E-state index is 14.0. The summed E-state index contributed by atoms with van der Waals surface area (Å²) in [5, 5.41) is 7.29. The second-order valence-corrected chi connectivity index (χ2v) is 8.41. The first-order valence-electron chi connectivity index (χ1n) is 10.0. The predicted octanol–water partition coefficient (Wildman–Crippen LogP) is 5.31. The second kappa shape index (κ2) is 11.2. The van der Waals surface area contributed by atoms with Gasteiger partial charge in [0.2, 0.25) is 0 Å². The third-order valence-electron chi connectivity index (χ3n) is 5.01. The fourth-order valence-corrected chi connectivity index (χ4v) is 4.27. The Morgan fingerprint density at radius 1 is 1.24 bits per heavy atom. The lowest BCUT2D eigenvalue weighted by molar-refractivity contribution is 0.264. The molecule has 0 bridgehead atoms. The van der Waals surface area contributed by atoms with Crippen molar-refractivity contribution in [3.05, 3.63) is 56.8 Å². The fraction of sp³-hybridized carbons (Fsp3) is 0.455. The van der Waals surface area contributed by atoms with Crippen molar-refractivity contribution in [1.82, 2.24) is 10.6 Å². The number of ether oxygens (including phenoxy) is 2. The molecule has 0 atom stereocenters. The molecule has 0 amide bonds. The van der Waals surface area contributed by atoms with E-state index in [4.69, 9.17) is 21.1 Å². The molecule has 3 rings (SSSR count). The van der Waals surface area contributed by atoms with Gasteiger partial charge in [-0.1, -0.05) is 17.7 Å². The van der Waals surface area contributed by atoms with E-state index in [1.165, 1.54) is 18.9 Å². The smallest absolute Gasteiger partial charge is 0.175 e. The van der Waals surface area contributed by atoms with Gasteiger partial charge in [0.25, 0.3) is 0 Å². The maximum atomic E-state index is 14.0. The minimum absolute atomic E-state index is 0.0253. The molecule has 7 heteroatoms. The lowest BCUT2D eigenvalue weighted by Gasteiger charge is -2.23. The largest absolute Gasteiger partial charge is 0.490 e. The van der Waals surface area contributed by atoms with Crippen LogP contribution in [-0.4, -0.2) is 26.2 Å². The number of hydrogen-bond donors (Lipinski definition) is 2. The molecule has 2 aromatic carbocycles. The van der Waals surface area contributed by atoms with Crippen LogP contribution >= 0.6 is 27.5 Å². The van der Waals surface area contributed by atoms with Crippen molar-refractivity contribution in [2.75, 3.05) is 26.2 Å². The molecule has 2 N–H and O–H groups in total. The van der Waals surface area contributed by atoms with Gasteiger partial charge in [-0.2, -0.15) is 0 Å². The van der Waals surface area contributed by atoms with Gasteiger partial charge in [-0.3, -0.25) is 0 Å². The van der Waals surface area contributed by atoms with E-state index in [1.807, 2.05) is 19.1 Å². The summed E-state index contributed by atoms with van der Waals surface area (Å²) in [4.78, 5) is 0. The number of hydrogen-bond acceptors (Lipinski definition) is 4. The highest BCUT2D eigenvalue weighted by atomic mass is 79.9. The lowest BCUT2D eigenvalue weighted by Crippen LogP contribution is -2.33. The first-order valence-corrected chi connectivity index (χ1v) is 11.2. The summed E-state index contributed by atoms with van der Waals surface area (Å²) in [6.45, 7) is 6.42. The van der Waals surface area contributed by atoms with E-state index in [0.717, 1.165) is 42.1 Å². The molecule has 158 valence electrons. The van der Waals surface area contributed by atoms with Crippen LogP contribution in [0.2, 0.25) is 5.02 Å². The fourth-order valence-electron chi connectivity index (χ4n) is 3.45. The highest BCUT2D eigenvalue weighted by Crippen LogP contribution is 2.38. The zero-order valence-electron chi connectivity index (χ0n) is 16.6. The van der Waals surface area contributed by atoms with Crippen LogP contribution in [-0.2, 0) is 13.2 Å². The van der Waals surface area contributed by atoms with Gasteiger partial charge in [-0.25, -0.2) is 4.39 Å². The molecule has 4 nitrogen and oxygen atoms in total. The molecule has 0 radical (unpaired) electrons. The third kappa shape index (κ3) is 6.32. The minimum Gasteiger partial charge on any atom is -0.490 e. The zero-order valence-corrected chi connectivity index (χ0v) is 18.9. The van der Waals surface area contributed by atoms with Crippen LogP contribution < -0.4 is 20.1 Å². The first kappa shape index (κ1) is 22.3. The molecule has 0 spiro atoms. The van der Waals surface area contributed by atoms with Gasteiger partial charge in [-0.05, 0) is 91.1 Å². The van der Waals surface area contributed by atoms with Crippen LogP contribution in [0.4, 0.5) is 4.39 Å². The molecule has 1 saturated heterocycles. The molecule has 0 aliphatic carbocycles. The zero-order chi connectivity index (χ0) is 20.6. The summed E-state index contributed by atoms with van der Waals surface area (Å²) < 4.78 is 26.5. The van der Waals surface area contributed by atoms with E-state index >= 15 is 0 Å². The summed E-state index contributed by atoms with van der Waals surface area (Å²) in [5.41, 5.74) is 1.43. The van der Waals surface area contributed by atoms with Gasteiger partial charge >= 0.3 is 0 Å². The van der Waals surface area contributed by atoms with Crippen molar-refractivity contribution in [3.8, 4) is 11.5 Å². The molecule has 29 heavy (non-hydrogen) atoms. The number of benzene rings is 2. The van der Waals surface area contributed by atoms with Crippen LogP contribution in [0.5, 0.6) is 11.5 Å². The van der Waals surface area contributed by atoms with Crippen molar-refractivity contribution in [3.63, 3.8) is 0 Å². The molecule has 2 aromatic rings. The Bertz CT molecular complexity index is 795. The number of rotatable bonds is 9. The van der Waals surface area contributed by atoms with Gasteiger partial charge in [-0.15, -0.1) is 0 Å². The van der Waals surface area contributed by atoms with Crippen LogP contribution in [0.15, 0.2) is 34.8 Å². The summed E-state index contributed by atoms with van der Waals surface area (Å²) in [5.74, 6) is 1.52. The van der Waals surface area contributed by atoms with Gasteiger partial charge in [0.1, 0.15) is 12.4 Å². The van der Waals surface area contributed by atoms with E-state index < -0.39 is 0 Å².